The lowest BCUT2D eigenvalue weighted by molar-refractivity contribution is 0.00578. The Balaban J connectivity index is 0.000000195. The van der Waals surface area contributed by atoms with Crippen molar-refractivity contribution in [3.05, 3.63) is 77.5 Å². The lowest BCUT2D eigenvalue weighted by atomic mass is 9.49. The van der Waals surface area contributed by atoms with Crippen LogP contribution < -0.4 is 20.1 Å². The molecule has 8 rings (SSSR count). The Kier molecular flexibility index (Phi) is 22.4. The molecule has 2 aromatic heterocycles. The molecule has 2 N–H and O–H groups in total. The number of methoxy groups -OCH3 is 2. The van der Waals surface area contributed by atoms with Gasteiger partial charge < -0.3 is 38.7 Å². The average molecular weight is 1220 g/mol. The molecule has 2 aromatic carbocycles. The molecule has 0 radical (unpaired) electrons. The number of benzene rings is 2. The number of aromatic nitrogens is 4. The number of aryl methyl sites for hydroxylation is 6. The number of hydrogen-bond acceptors (Lipinski definition) is 14. The maximum atomic E-state index is 12.1. The molecule has 14 nitrogen and oxygen atoms in total. The molecular weight excluding hydrogens is 1140 g/mol. The highest BCUT2D eigenvalue weighted by atomic mass is 127. The van der Waals surface area contributed by atoms with E-state index in [1.807, 2.05) is 73.6 Å². The minimum Gasteiger partial charge on any atom is -0.496 e. The summed E-state index contributed by atoms with van der Waals surface area (Å²) in [5.41, 5.74) is 8.28. The van der Waals surface area contributed by atoms with Crippen molar-refractivity contribution in [2.45, 2.75) is 222 Å². The van der Waals surface area contributed by atoms with Crippen molar-refractivity contribution in [1.82, 2.24) is 19.9 Å². The second kappa shape index (κ2) is 27.0. The summed E-state index contributed by atoms with van der Waals surface area (Å²) in [6.07, 6.45) is 10.6. The van der Waals surface area contributed by atoms with Crippen molar-refractivity contribution in [3.8, 4) is 22.8 Å². The SMILES string of the molecule is CC1(C)OB(B2OC(C)(C)C(C)(C)O2)OC1(C)C.CCc1nc(-c2cc3c(cc2OC)C(=O)CC3)c(CC)nc1NC(CC)CC.CCc1nc(NC(CC)CC)c(CC)nc1I.COc1cc2c(cc1Br)CCC2=O. The van der Waals surface area contributed by atoms with Gasteiger partial charge in [-0.05, 0) is 194 Å². The van der Waals surface area contributed by atoms with E-state index >= 15 is 0 Å². The predicted molar refractivity (Wildman–Crippen MR) is 320 cm³/mol. The molecule has 0 unspecified atom stereocenters. The van der Waals surface area contributed by atoms with E-state index in [2.05, 4.69) is 116 Å². The number of nitrogens with zero attached hydrogens (tertiary/aromatic N) is 4. The molecule has 0 bridgehead atoms. The number of rotatable bonds is 16. The second-order valence-corrected chi connectivity index (χ2v) is 23.6. The van der Waals surface area contributed by atoms with E-state index < -0.39 is 14.0 Å². The molecular formula is C58H86B2BrIN6O8. The van der Waals surface area contributed by atoms with E-state index in [1.165, 1.54) is 0 Å². The average Bonchev–Trinajstić information content (AvgIpc) is 4.08. The number of hydrogen-bond donors (Lipinski definition) is 2. The van der Waals surface area contributed by atoms with Crippen LogP contribution in [-0.4, -0.2) is 94.2 Å². The quantitative estimate of drug-likeness (QED) is 0.0804. The first-order chi connectivity index (χ1) is 35.8. The van der Waals surface area contributed by atoms with Gasteiger partial charge in [0.15, 0.2) is 11.6 Å². The minimum atomic E-state index is -0.476. The number of Topliss-reactive ketones (excluding diaryl/α,β-unsaturated/α-hetero) is 2. The Labute approximate surface area is 477 Å². The predicted octanol–water partition coefficient (Wildman–Crippen LogP) is 13.6. The number of anilines is 2. The van der Waals surface area contributed by atoms with Crippen LogP contribution in [-0.2, 0) is 57.1 Å². The van der Waals surface area contributed by atoms with Crippen molar-refractivity contribution >= 4 is 75.7 Å². The number of ether oxygens (including phenoxy) is 2. The van der Waals surface area contributed by atoms with Crippen LogP contribution in [0.25, 0.3) is 11.3 Å². The number of nitrogens with one attached hydrogen (secondary N) is 2. The first-order valence-corrected chi connectivity index (χ1v) is 29.5. The Morgan fingerprint density at radius 3 is 1.32 bits per heavy atom. The lowest BCUT2D eigenvalue weighted by Gasteiger charge is -2.32. The van der Waals surface area contributed by atoms with Crippen LogP contribution in [0.4, 0.5) is 11.6 Å². The lowest BCUT2D eigenvalue weighted by Crippen LogP contribution is -2.41. The zero-order valence-electron chi connectivity index (χ0n) is 48.9. The number of halogens is 2. The fraction of sp³-hybridized carbons (Fsp3) is 0.621. The Hall–Kier alpha value is -3.68. The zero-order valence-corrected chi connectivity index (χ0v) is 52.7. The molecule has 0 saturated carbocycles. The van der Waals surface area contributed by atoms with Crippen molar-refractivity contribution in [2.75, 3.05) is 24.9 Å². The van der Waals surface area contributed by atoms with Crippen LogP contribution >= 0.6 is 38.5 Å². The molecule has 2 aliphatic heterocycles. The summed E-state index contributed by atoms with van der Waals surface area (Å²) in [6, 6.07) is 8.64. The highest BCUT2D eigenvalue weighted by molar-refractivity contribution is 14.1. The highest BCUT2D eigenvalue weighted by Gasteiger charge is 2.63. The Bertz CT molecular complexity index is 2600. The molecule has 0 amide bonds. The summed E-state index contributed by atoms with van der Waals surface area (Å²) in [6.45, 7) is 33.4. The summed E-state index contributed by atoms with van der Waals surface area (Å²) in [7, 11) is 2.30. The smallest absolute Gasteiger partial charge is 0.488 e. The van der Waals surface area contributed by atoms with E-state index in [0.29, 0.717) is 30.7 Å². The topological polar surface area (TPSA) is 165 Å². The highest BCUT2D eigenvalue weighted by Crippen LogP contribution is 2.43. The first-order valence-electron chi connectivity index (χ1n) is 27.6. The van der Waals surface area contributed by atoms with Gasteiger partial charge in [0.2, 0.25) is 0 Å². The fourth-order valence-corrected chi connectivity index (χ4v) is 10.5. The van der Waals surface area contributed by atoms with E-state index in [0.717, 1.165) is 146 Å². The fourth-order valence-electron chi connectivity index (χ4n) is 9.20. The van der Waals surface area contributed by atoms with Crippen LogP contribution in [0.15, 0.2) is 28.7 Å². The van der Waals surface area contributed by atoms with Gasteiger partial charge in [-0.15, -0.1) is 0 Å². The third kappa shape index (κ3) is 14.6. The number of fused-ring (bicyclic) bond motifs is 2. The third-order valence-corrected chi connectivity index (χ3v) is 17.2. The molecule has 2 saturated heterocycles. The number of ketones is 2. The standard InChI is InChI=1S/C23H31N3O2.C13H22IN3.C12H24B2O4.C10H9BrO2/c1-6-15(7-2)24-23-19(9-4)25-22(18(8-3)26-23)17-12-14-10-11-20(27)16(14)13-21(17)28-5;1-5-9(6-2)15-13-11(8-4)16-12(14)10(7-3)17-13;1-9(2)10(3,4)16-13(15-9)14-17-11(5,6)12(7,8)18-14;1-13-10-5-7-6(4-8(10)11)2-3-9(7)12/h12-13,15H,6-11H2,1-5H3,(H,24,26);9H,5-8H2,1-4H3,(H,15,17);1-8H3;4-5H,2-3H2,1H3. The zero-order chi connectivity index (χ0) is 56.5. The maximum Gasteiger partial charge on any atom is 0.488 e. The van der Waals surface area contributed by atoms with E-state index in [1.54, 1.807) is 14.2 Å². The van der Waals surface area contributed by atoms with Crippen LogP contribution in [0, 0.1) is 3.70 Å². The van der Waals surface area contributed by atoms with Crippen LogP contribution in [0.5, 0.6) is 11.5 Å². The van der Waals surface area contributed by atoms with Crippen LogP contribution in [0.3, 0.4) is 0 Å². The van der Waals surface area contributed by atoms with Crippen LogP contribution in [0.1, 0.15) is 204 Å². The number of carbonyl (C=O) groups excluding carboxylic acids is 2. The molecule has 18 heteroatoms. The summed E-state index contributed by atoms with van der Waals surface area (Å²) in [4.78, 5) is 42.8. The molecule has 2 aliphatic carbocycles. The van der Waals surface area contributed by atoms with Crippen LogP contribution in [0.2, 0.25) is 0 Å². The van der Waals surface area contributed by atoms with Crippen molar-refractivity contribution < 1.29 is 37.7 Å². The summed E-state index contributed by atoms with van der Waals surface area (Å²) in [5, 5.41) is 7.10. The molecule has 0 spiro atoms. The van der Waals surface area contributed by atoms with Gasteiger partial charge in [-0.25, -0.2) is 19.9 Å². The van der Waals surface area contributed by atoms with Crippen molar-refractivity contribution in [2.24, 2.45) is 0 Å². The third-order valence-electron chi connectivity index (χ3n) is 15.7. The Morgan fingerprint density at radius 1 is 0.539 bits per heavy atom. The van der Waals surface area contributed by atoms with Gasteiger partial charge in [0.1, 0.15) is 26.8 Å². The van der Waals surface area contributed by atoms with E-state index in [9.17, 15) is 9.59 Å². The van der Waals surface area contributed by atoms with E-state index in [4.69, 9.17) is 43.0 Å². The summed E-state index contributed by atoms with van der Waals surface area (Å²) >= 11 is 5.67. The van der Waals surface area contributed by atoms with Gasteiger partial charge in [-0.1, -0.05) is 55.4 Å². The minimum absolute atomic E-state index is 0.195. The molecule has 2 fully saturated rings. The van der Waals surface area contributed by atoms with Gasteiger partial charge in [-0.2, -0.15) is 0 Å². The second-order valence-electron chi connectivity index (χ2n) is 21.7. The normalized spacial score (nSPS) is 17.3. The van der Waals surface area contributed by atoms with Gasteiger partial charge in [-0.3, -0.25) is 9.59 Å². The number of carbonyl (C=O) groups is 2. The monoisotopic (exact) mass is 1220 g/mol. The molecule has 76 heavy (non-hydrogen) atoms. The van der Waals surface area contributed by atoms with Crippen molar-refractivity contribution in [1.29, 1.82) is 0 Å². The molecule has 4 heterocycles. The van der Waals surface area contributed by atoms with Gasteiger partial charge in [0.25, 0.3) is 0 Å². The van der Waals surface area contributed by atoms with Crippen molar-refractivity contribution in [3.63, 3.8) is 0 Å². The maximum absolute atomic E-state index is 12.1. The molecule has 4 aromatic rings. The van der Waals surface area contributed by atoms with Gasteiger partial charge in [0.05, 0.1) is 69.6 Å². The van der Waals surface area contributed by atoms with Gasteiger partial charge >= 0.3 is 14.0 Å². The summed E-state index contributed by atoms with van der Waals surface area (Å²) in [5.74, 6) is 3.72. The molecule has 0 atom stereocenters. The van der Waals surface area contributed by atoms with Gasteiger partial charge in [0, 0.05) is 41.6 Å². The molecule has 416 valence electrons. The largest absolute Gasteiger partial charge is 0.496 e. The van der Waals surface area contributed by atoms with E-state index in [-0.39, 0.29) is 34.0 Å². The first kappa shape index (κ1) is 63.2. The Morgan fingerprint density at radius 2 is 0.921 bits per heavy atom. The summed E-state index contributed by atoms with van der Waals surface area (Å²) < 4.78 is 36.6. The molecule has 4 aliphatic rings.